The number of amides is 1. The fraction of sp³-hybridized carbons (Fsp3) is 0.211. The van der Waals surface area contributed by atoms with E-state index >= 15 is 0 Å². The topological polar surface area (TPSA) is 77.5 Å². The van der Waals surface area contributed by atoms with Crippen molar-refractivity contribution in [2.75, 3.05) is 18.5 Å². The summed E-state index contributed by atoms with van der Waals surface area (Å²) in [5.74, 6) is 0.872. The van der Waals surface area contributed by atoms with Crippen LogP contribution in [0.15, 0.2) is 42.5 Å². The number of ketones is 1. The molecule has 0 aliphatic heterocycles. The second-order valence-corrected chi connectivity index (χ2v) is 6.53. The molecule has 0 fully saturated rings. The Labute approximate surface area is 154 Å². The van der Waals surface area contributed by atoms with Gasteiger partial charge in [-0.2, -0.15) is 0 Å². The van der Waals surface area contributed by atoms with Crippen molar-refractivity contribution in [3.63, 3.8) is 0 Å². The number of anilines is 1. The summed E-state index contributed by atoms with van der Waals surface area (Å²) >= 11 is 1.37. The van der Waals surface area contributed by atoms with Gasteiger partial charge in [-0.05, 0) is 44.2 Å². The molecule has 0 aliphatic carbocycles. The Balaban J connectivity index is 1.62. The second-order valence-electron chi connectivity index (χ2n) is 5.50. The smallest absolute Gasteiger partial charge is 0.264 e. The lowest BCUT2D eigenvalue weighted by Crippen LogP contribution is -2.20. The Morgan fingerprint density at radius 1 is 1.12 bits per heavy atom. The summed E-state index contributed by atoms with van der Waals surface area (Å²) in [5, 5.41) is 3.23. The highest BCUT2D eigenvalue weighted by Crippen LogP contribution is 2.29. The number of thiazole rings is 1. The van der Waals surface area contributed by atoms with Gasteiger partial charge in [0.05, 0.1) is 16.8 Å². The van der Waals surface area contributed by atoms with Gasteiger partial charge in [-0.3, -0.25) is 14.9 Å². The van der Waals surface area contributed by atoms with Gasteiger partial charge < -0.3 is 9.47 Å². The summed E-state index contributed by atoms with van der Waals surface area (Å²) < 4.78 is 11.8. The molecule has 6 nitrogen and oxygen atoms in total. The van der Waals surface area contributed by atoms with Crippen molar-refractivity contribution in [3.05, 3.63) is 48.0 Å². The van der Waals surface area contributed by atoms with Crippen LogP contribution in [0.3, 0.4) is 0 Å². The zero-order valence-corrected chi connectivity index (χ0v) is 15.3. The van der Waals surface area contributed by atoms with Gasteiger partial charge in [-0.1, -0.05) is 23.5 Å². The lowest BCUT2D eigenvalue weighted by atomic mass is 10.1. The molecule has 1 heterocycles. The van der Waals surface area contributed by atoms with E-state index < -0.39 is 0 Å². The average molecular weight is 370 g/mol. The maximum absolute atomic E-state index is 12.1. The lowest BCUT2D eigenvalue weighted by Gasteiger charge is -2.06. The van der Waals surface area contributed by atoms with E-state index in [1.165, 1.54) is 18.3 Å². The Kier molecular flexibility index (Phi) is 5.48. The molecule has 0 spiro atoms. The van der Waals surface area contributed by atoms with Crippen LogP contribution in [0.4, 0.5) is 5.13 Å². The average Bonchev–Trinajstić information content (AvgIpc) is 3.02. The molecular weight excluding hydrogens is 352 g/mol. The number of Topliss-reactive ketones (excluding diaryl/α,β-unsaturated/α-hetero) is 1. The van der Waals surface area contributed by atoms with Crippen LogP contribution in [0.1, 0.15) is 24.2 Å². The third-order valence-corrected chi connectivity index (χ3v) is 4.46. The zero-order chi connectivity index (χ0) is 18.5. The van der Waals surface area contributed by atoms with Crippen molar-refractivity contribution in [1.82, 2.24) is 4.98 Å². The van der Waals surface area contributed by atoms with Gasteiger partial charge in [-0.25, -0.2) is 4.98 Å². The maximum Gasteiger partial charge on any atom is 0.264 e. The number of rotatable bonds is 7. The first kappa shape index (κ1) is 17.9. The molecule has 3 aromatic rings. The Morgan fingerprint density at radius 2 is 1.92 bits per heavy atom. The molecule has 26 heavy (non-hydrogen) atoms. The molecule has 1 aromatic heterocycles. The standard InChI is InChI=1S/C19H18N2O4S/c1-3-24-15-7-8-16-17(10-15)26-19(20-16)21-18(23)11-25-14-6-4-5-13(9-14)12(2)22/h4-10H,3,11H2,1-2H3,(H,20,21,23). The van der Waals surface area contributed by atoms with Gasteiger partial charge in [0, 0.05) is 5.56 Å². The molecule has 2 aromatic carbocycles. The van der Waals surface area contributed by atoms with Gasteiger partial charge >= 0.3 is 0 Å². The number of aromatic nitrogens is 1. The Morgan fingerprint density at radius 3 is 2.69 bits per heavy atom. The minimum Gasteiger partial charge on any atom is -0.494 e. The van der Waals surface area contributed by atoms with E-state index in [2.05, 4.69) is 10.3 Å². The van der Waals surface area contributed by atoms with Gasteiger partial charge in [0.15, 0.2) is 17.5 Å². The molecule has 7 heteroatoms. The van der Waals surface area contributed by atoms with Crippen LogP contribution in [0, 0.1) is 0 Å². The minimum absolute atomic E-state index is 0.0548. The van der Waals surface area contributed by atoms with Crippen LogP contribution in [0.5, 0.6) is 11.5 Å². The molecule has 0 saturated heterocycles. The molecule has 0 bridgehead atoms. The van der Waals surface area contributed by atoms with Crippen molar-refractivity contribution in [1.29, 1.82) is 0 Å². The predicted molar refractivity (Wildman–Crippen MR) is 101 cm³/mol. The molecule has 0 saturated carbocycles. The number of ether oxygens (including phenoxy) is 2. The molecule has 0 unspecified atom stereocenters. The summed E-state index contributed by atoms with van der Waals surface area (Å²) in [7, 11) is 0. The fourth-order valence-corrected chi connectivity index (χ4v) is 3.23. The van der Waals surface area contributed by atoms with E-state index in [1.54, 1.807) is 24.3 Å². The number of carbonyl (C=O) groups is 2. The Bertz CT molecular complexity index is 952. The first-order valence-electron chi connectivity index (χ1n) is 8.12. The van der Waals surface area contributed by atoms with Gasteiger partial charge in [-0.15, -0.1) is 0 Å². The number of nitrogens with one attached hydrogen (secondary N) is 1. The largest absolute Gasteiger partial charge is 0.494 e. The molecule has 3 rings (SSSR count). The van der Waals surface area contributed by atoms with Gasteiger partial charge in [0.2, 0.25) is 0 Å². The molecule has 134 valence electrons. The first-order valence-corrected chi connectivity index (χ1v) is 8.94. The number of benzene rings is 2. The van der Waals surface area contributed by atoms with E-state index in [1.807, 2.05) is 25.1 Å². The summed E-state index contributed by atoms with van der Waals surface area (Å²) in [6.07, 6.45) is 0. The number of fused-ring (bicyclic) bond motifs is 1. The SMILES string of the molecule is CCOc1ccc2nc(NC(=O)COc3cccc(C(C)=O)c3)sc2c1. The number of carbonyl (C=O) groups excluding carboxylic acids is 2. The number of hydrogen-bond acceptors (Lipinski definition) is 6. The normalized spacial score (nSPS) is 10.5. The van der Waals surface area contributed by atoms with Crippen LogP contribution in [-0.4, -0.2) is 29.9 Å². The summed E-state index contributed by atoms with van der Waals surface area (Å²) in [6.45, 7) is 3.84. The zero-order valence-electron chi connectivity index (χ0n) is 14.4. The highest BCUT2D eigenvalue weighted by Gasteiger charge is 2.10. The van der Waals surface area contributed by atoms with Crippen LogP contribution in [-0.2, 0) is 4.79 Å². The predicted octanol–water partition coefficient (Wildman–Crippen LogP) is 3.92. The molecular formula is C19H18N2O4S. The molecule has 1 N–H and O–H groups in total. The van der Waals surface area contributed by atoms with Gasteiger partial charge in [0.25, 0.3) is 5.91 Å². The van der Waals surface area contributed by atoms with Crippen LogP contribution < -0.4 is 14.8 Å². The van der Waals surface area contributed by atoms with Crippen LogP contribution in [0.2, 0.25) is 0 Å². The lowest BCUT2D eigenvalue weighted by molar-refractivity contribution is -0.118. The number of nitrogens with zero attached hydrogens (tertiary/aromatic N) is 1. The highest BCUT2D eigenvalue weighted by molar-refractivity contribution is 7.22. The van der Waals surface area contributed by atoms with Crippen molar-refractivity contribution in [2.24, 2.45) is 0 Å². The molecule has 1 amide bonds. The maximum atomic E-state index is 12.1. The van der Waals surface area contributed by atoms with E-state index in [9.17, 15) is 9.59 Å². The third kappa shape index (κ3) is 4.37. The van der Waals surface area contributed by atoms with E-state index in [0.29, 0.717) is 23.1 Å². The third-order valence-electron chi connectivity index (χ3n) is 3.53. The van der Waals surface area contributed by atoms with Crippen LogP contribution >= 0.6 is 11.3 Å². The monoisotopic (exact) mass is 370 g/mol. The van der Waals surface area contributed by atoms with Crippen LogP contribution in [0.25, 0.3) is 10.2 Å². The van der Waals surface area contributed by atoms with Crippen molar-refractivity contribution < 1.29 is 19.1 Å². The summed E-state index contributed by atoms with van der Waals surface area (Å²) in [4.78, 5) is 27.8. The molecule has 0 aliphatic rings. The number of hydrogen-bond donors (Lipinski definition) is 1. The highest BCUT2D eigenvalue weighted by atomic mass is 32.1. The summed E-state index contributed by atoms with van der Waals surface area (Å²) in [5.41, 5.74) is 1.34. The molecule has 0 atom stereocenters. The van der Waals surface area contributed by atoms with E-state index in [0.717, 1.165) is 16.0 Å². The fourth-order valence-electron chi connectivity index (χ4n) is 2.32. The van der Waals surface area contributed by atoms with Gasteiger partial charge in [0.1, 0.15) is 11.5 Å². The second kappa shape index (κ2) is 7.97. The van der Waals surface area contributed by atoms with E-state index in [-0.39, 0.29) is 18.3 Å². The first-order chi connectivity index (χ1) is 12.5. The molecule has 0 radical (unpaired) electrons. The van der Waals surface area contributed by atoms with Crippen molar-refractivity contribution >= 4 is 38.4 Å². The quantitative estimate of drug-likeness (QED) is 0.638. The van der Waals surface area contributed by atoms with Crippen molar-refractivity contribution in [3.8, 4) is 11.5 Å². The Hall–Kier alpha value is -2.93. The minimum atomic E-state index is -0.317. The van der Waals surface area contributed by atoms with E-state index in [4.69, 9.17) is 9.47 Å². The summed E-state index contributed by atoms with van der Waals surface area (Å²) in [6, 6.07) is 12.3. The van der Waals surface area contributed by atoms with Crippen molar-refractivity contribution in [2.45, 2.75) is 13.8 Å².